The molecule has 0 saturated carbocycles. The molecule has 0 spiro atoms. The number of carbonyl (C=O) groups excluding carboxylic acids is 2. The van der Waals surface area contributed by atoms with Crippen molar-refractivity contribution in [3.63, 3.8) is 0 Å². The molecule has 4 rings (SSSR count). The molecule has 2 aromatic rings. The van der Waals surface area contributed by atoms with Crippen molar-refractivity contribution >= 4 is 17.5 Å². The summed E-state index contributed by atoms with van der Waals surface area (Å²) in [5.41, 5.74) is 4.25. The second-order valence-corrected chi connectivity index (χ2v) is 8.08. The van der Waals surface area contributed by atoms with E-state index >= 15 is 0 Å². The quantitative estimate of drug-likeness (QED) is 0.689. The van der Waals surface area contributed by atoms with Gasteiger partial charge in [-0.3, -0.25) is 9.59 Å². The summed E-state index contributed by atoms with van der Waals surface area (Å²) in [6.07, 6.45) is 2.05. The molecule has 170 valence electrons. The molecule has 2 N–H and O–H groups in total. The summed E-state index contributed by atoms with van der Waals surface area (Å²) in [7, 11) is 3.71. The molecule has 2 amide bonds. The molecule has 32 heavy (non-hydrogen) atoms. The fourth-order valence-corrected chi connectivity index (χ4v) is 4.25. The predicted octanol–water partition coefficient (Wildman–Crippen LogP) is 3.08. The number of anilines is 1. The zero-order valence-corrected chi connectivity index (χ0v) is 18.7. The topological polar surface area (TPSA) is 89.1 Å². The van der Waals surface area contributed by atoms with Crippen LogP contribution in [-0.4, -0.2) is 44.2 Å². The van der Waals surface area contributed by atoms with E-state index in [9.17, 15) is 9.59 Å². The van der Waals surface area contributed by atoms with Crippen molar-refractivity contribution < 1.29 is 23.8 Å². The van der Waals surface area contributed by atoms with Crippen LogP contribution in [0.2, 0.25) is 0 Å². The van der Waals surface area contributed by atoms with E-state index in [2.05, 4.69) is 22.6 Å². The van der Waals surface area contributed by atoms with Crippen LogP contribution in [0.3, 0.4) is 0 Å². The maximum atomic E-state index is 12.9. The van der Waals surface area contributed by atoms with Gasteiger partial charge in [-0.25, -0.2) is 0 Å². The van der Waals surface area contributed by atoms with Crippen LogP contribution in [0.15, 0.2) is 24.3 Å². The molecule has 0 saturated heterocycles. The number of rotatable bonds is 7. The summed E-state index contributed by atoms with van der Waals surface area (Å²) in [5.74, 6) is 1.68. The first kappa shape index (κ1) is 22.0. The van der Waals surface area contributed by atoms with Gasteiger partial charge in [-0.1, -0.05) is 13.0 Å². The lowest BCUT2D eigenvalue weighted by Gasteiger charge is -2.29. The van der Waals surface area contributed by atoms with E-state index in [1.807, 2.05) is 6.92 Å². The minimum absolute atomic E-state index is 0.0624. The Bertz CT molecular complexity index is 1040. The van der Waals surface area contributed by atoms with Crippen LogP contribution in [0.1, 0.15) is 46.8 Å². The van der Waals surface area contributed by atoms with Crippen molar-refractivity contribution in [2.75, 3.05) is 32.8 Å². The van der Waals surface area contributed by atoms with Crippen molar-refractivity contribution in [1.82, 2.24) is 10.2 Å². The first-order chi connectivity index (χ1) is 15.5. The average Bonchev–Trinajstić information content (AvgIpc) is 3.26. The fourth-order valence-electron chi connectivity index (χ4n) is 4.25. The number of ether oxygens (including phenoxy) is 3. The van der Waals surface area contributed by atoms with Gasteiger partial charge < -0.3 is 29.7 Å². The Hall–Kier alpha value is -3.26. The summed E-state index contributed by atoms with van der Waals surface area (Å²) in [6.45, 7) is 4.05. The molecule has 0 radical (unpaired) electrons. The third kappa shape index (κ3) is 4.36. The van der Waals surface area contributed by atoms with Crippen molar-refractivity contribution in [2.45, 2.75) is 39.3 Å². The maximum absolute atomic E-state index is 12.9. The van der Waals surface area contributed by atoms with Gasteiger partial charge in [0.1, 0.15) is 0 Å². The van der Waals surface area contributed by atoms with Crippen LogP contribution in [0.5, 0.6) is 17.2 Å². The predicted molar refractivity (Wildman–Crippen MR) is 120 cm³/mol. The van der Waals surface area contributed by atoms with Gasteiger partial charge in [-0.15, -0.1) is 0 Å². The van der Waals surface area contributed by atoms with Crippen molar-refractivity contribution in [3.8, 4) is 17.2 Å². The van der Waals surface area contributed by atoms with Gasteiger partial charge >= 0.3 is 0 Å². The monoisotopic (exact) mass is 439 g/mol. The zero-order chi connectivity index (χ0) is 22.7. The summed E-state index contributed by atoms with van der Waals surface area (Å²) in [4.78, 5) is 27.0. The highest BCUT2D eigenvalue weighted by molar-refractivity contribution is 5.97. The molecule has 8 nitrogen and oxygen atoms in total. The zero-order valence-electron chi connectivity index (χ0n) is 18.7. The van der Waals surface area contributed by atoms with E-state index in [4.69, 9.17) is 14.2 Å². The Morgan fingerprint density at radius 2 is 2.00 bits per heavy atom. The molecule has 0 aromatic heterocycles. The van der Waals surface area contributed by atoms with Crippen LogP contribution in [-0.2, 0) is 24.3 Å². The highest BCUT2D eigenvalue weighted by atomic mass is 16.7. The number of nitrogens with one attached hydrogen (secondary N) is 2. The summed E-state index contributed by atoms with van der Waals surface area (Å²) < 4.78 is 17.1. The molecule has 0 aliphatic carbocycles. The van der Waals surface area contributed by atoms with Crippen LogP contribution in [0, 0.1) is 0 Å². The maximum Gasteiger partial charge on any atom is 0.251 e. The minimum atomic E-state index is -0.221. The van der Waals surface area contributed by atoms with Crippen molar-refractivity contribution in [3.05, 3.63) is 46.5 Å². The van der Waals surface area contributed by atoms with Gasteiger partial charge in [0.15, 0.2) is 11.5 Å². The first-order valence-electron chi connectivity index (χ1n) is 10.9. The average molecular weight is 440 g/mol. The Kier molecular flexibility index (Phi) is 6.50. The number of fused-ring (bicyclic) bond motifs is 2. The number of benzene rings is 2. The number of hydrogen-bond donors (Lipinski definition) is 2. The van der Waals surface area contributed by atoms with Crippen molar-refractivity contribution in [1.29, 1.82) is 0 Å². The molecule has 2 aliphatic heterocycles. The molecule has 0 unspecified atom stereocenters. The highest BCUT2D eigenvalue weighted by Crippen LogP contribution is 2.49. The molecule has 0 bridgehead atoms. The standard InChI is InChI=1S/C24H29N3O5/c1-4-6-20(28)26-16-8-5-7-15(11-16)24(29)25-12-18-17-9-10-27(2)13-19(17)21(30-3)23-22(18)31-14-32-23/h5,7-8,11H,4,6,9-10,12-14H2,1-3H3,(H,25,29)(H,26,28). The normalized spacial score (nSPS) is 14.6. The minimum Gasteiger partial charge on any atom is -0.492 e. The smallest absolute Gasteiger partial charge is 0.251 e. The van der Waals surface area contributed by atoms with Gasteiger partial charge in [0.2, 0.25) is 18.4 Å². The fraction of sp³-hybridized carbons (Fsp3) is 0.417. The number of nitrogens with zero attached hydrogens (tertiary/aromatic N) is 1. The van der Waals surface area contributed by atoms with E-state index in [-0.39, 0.29) is 18.6 Å². The Morgan fingerprint density at radius 1 is 1.19 bits per heavy atom. The number of methoxy groups -OCH3 is 1. The van der Waals surface area contributed by atoms with E-state index < -0.39 is 0 Å². The molecule has 2 heterocycles. The summed E-state index contributed by atoms with van der Waals surface area (Å²) in [5, 5.41) is 5.84. The van der Waals surface area contributed by atoms with E-state index in [1.165, 1.54) is 0 Å². The molecular weight excluding hydrogens is 410 g/mol. The van der Waals surface area contributed by atoms with Gasteiger partial charge in [0, 0.05) is 48.4 Å². The lowest BCUT2D eigenvalue weighted by Crippen LogP contribution is -2.30. The second kappa shape index (κ2) is 9.48. The van der Waals surface area contributed by atoms with Crippen LogP contribution in [0.4, 0.5) is 5.69 Å². The second-order valence-electron chi connectivity index (χ2n) is 8.08. The lowest BCUT2D eigenvalue weighted by atomic mass is 9.92. The molecule has 2 aliphatic rings. The SMILES string of the molecule is CCCC(=O)Nc1cccc(C(=O)NCc2c3c(c(OC)c4c2OCO4)CN(C)CC3)c1. The van der Waals surface area contributed by atoms with Crippen LogP contribution >= 0.6 is 0 Å². The number of hydrogen-bond acceptors (Lipinski definition) is 6. The molecule has 8 heteroatoms. The first-order valence-corrected chi connectivity index (χ1v) is 10.9. The van der Waals surface area contributed by atoms with Crippen molar-refractivity contribution in [2.24, 2.45) is 0 Å². The Balaban J connectivity index is 1.56. The largest absolute Gasteiger partial charge is 0.492 e. The number of likely N-dealkylation sites (N-methyl/N-ethyl adjacent to an activating group) is 1. The molecule has 2 aromatic carbocycles. The van der Waals surface area contributed by atoms with Gasteiger partial charge in [0.25, 0.3) is 5.91 Å². The highest BCUT2D eigenvalue weighted by Gasteiger charge is 2.32. The summed E-state index contributed by atoms with van der Waals surface area (Å²) >= 11 is 0. The van der Waals surface area contributed by atoms with E-state index in [0.29, 0.717) is 41.5 Å². The van der Waals surface area contributed by atoms with Crippen LogP contribution < -0.4 is 24.8 Å². The van der Waals surface area contributed by atoms with E-state index in [0.717, 1.165) is 42.6 Å². The third-order valence-corrected chi connectivity index (χ3v) is 5.78. The van der Waals surface area contributed by atoms with E-state index in [1.54, 1.807) is 31.4 Å². The molecular formula is C24H29N3O5. The Labute approximate surface area is 187 Å². The third-order valence-electron chi connectivity index (χ3n) is 5.78. The summed E-state index contributed by atoms with van der Waals surface area (Å²) in [6, 6.07) is 6.95. The van der Waals surface area contributed by atoms with Gasteiger partial charge in [-0.2, -0.15) is 0 Å². The molecule has 0 atom stereocenters. The van der Waals surface area contributed by atoms with Gasteiger partial charge in [-0.05, 0) is 43.7 Å². The van der Waals surface area contributed by atoms with Gasteiger partial charge in [0.05, 0.1) is 7.11 Å². The lowest BCUT2D eigenvalue weighted by molar-refractivity contribution is -0.116. The number of amides is 2. The molecule has 0 fully saturated rings. The Morgan fingerprint density at radius 3 is 2.78 bits per heavy atom. The number of carbonyl (C=O) groups is 2. The van der Waals surface area contributed by atoms with Crippen LogP contribution in [0.25, 0.3) is 0 Å².